The number of amides is 1. The molecule has 5 atom stereocenters. The van der Waals surface area contributed by atoms with Crippen LogP contribution in [0.1, 0.15) is 10.4 Å². The average Bonchev–Trinajstić information content (AvgIpc) is 2.70. The van der Waals surface area contributed by atoms with Gasteiger partial charge in [-0.05, 0) is 0 Å². The molecule has 8 nitrogen and oxygen atoms in total. The second kappa shape index (κ2) is 8.93. The fourth-order valence-electron chi connectivity index (χ4n) is 2.69. The third-order valence-corrected chi connectivity index (χ3v) is 6.31. The quantitative estimate of drug-likeness (QED) is 0.352. The molecule has 1 amide bonds. The van der Waals surface area contributed by atoms with E-state index in [2.05, 4.69) is 5.32 Å². The number of aliphatic hydroxyl groups is 4. The van der Waals surface area contributed by atoms with Crippen LogP contribution in [0.25, 0.3) is 0 Å². The van der Waals surface area contributed by atoms with Crippen LogP contribution in [-0.2, 0) is 9.53 Å². The molecule has 3 rings (SSSR count). The molecule has 1 fully saturated rings. The van der Waals surface area contributed by atoms with E-state index in [-0.39, 0.29) is 0 Å². The summed E-state index contributed by atoms with van der Waals surface area (Å²) in [5.74, 6) is -0.392. The number of carbonyl (C=O) groups is 2. The Morgan fingerprint density at radius 2 is 1.50 bits per heavy atom. The molecule has 0 saturated carbocycles. The summed E-state index contributed by atoms with van der Waals surface area (Å²) in [6.45, 7) is 0. The van der Waals surface area contributed by atoms with Crippen LogP contribution in [0.15, 0.2) is 54.6 Å². The first kappa shape index (κ1) is 20.6. The van der Waals surface area contributed by atoms with Gasteiger partial charge in [0, 0.05) is 0 Å². The first-order valence-electron chi connectivity index (χ1n) is 8.43. The number of ether oxygens (including phenoxy) is 1. The summed E-state index contributed by atoms with van der Waals surface area (Å²) in [6, 6.07) is 15.4. The Balaban J connectivity index is 1.76. The van der Waals surface area contributed by atoms with Gasteiger partial charge >= 0.3 is 167 Å². The van der Waals surface area contributed by atoms with Crippen molar-refractivity contribution in [2.75, 3.05) is 5.32 Å². The number of aliphatic hydroxyl groups excluding tert-OH is 4. The number of hydrogen-bond acceptors (Lipinski definition) is 7. The Morgan fingerprint density at radius 1 is 0.857 bits per heavy atom. The van der Waals surface area contributed by atoms with Crippen molar-refractivity contribution in [1.29, 1.82) is 0 Å². The molecule has 2 aromatic carbocycles. The molecule has 28 heavy (non-hydrogen) atoms. The normalized spacial score (nSPS) is 27.2. The van der Waals surface area contributed by atoms with Crippen LogP contribution in [0, 0.1) is 0 Å². The molecule has 0 radical (unpaired) electrons. The summed E-state index contributed by atoms with van der Waals surface area (Å²) in [5, 5.41) is 41.6. The second-order valence-electron chi connectivity index (χ2n) is 6.16. The maximum atomic E-state index is 12.6. The van der Waals surface area contributed by atoms with E-state index in [1.165, 1.54) is 0 Å². The van der Waals surface area contributed by atoms with E-state index in [1.807, 2.05) is 6.07 Å². The summed E-state index contributed by atoms with van der Waals surface area (Å²) in [6.07, 6.45) is -8.41. The van der Waals surface area contributed by atoms with Gasteiger partial charge in [0.15, 0.2) is 0 Å². The number of carbonyl (C=O) groups excluding carboxylic acids is 2. The number of hydrogen-bond donors (Lipinski definition) is 5. The van der Waals surface area contributed by atoms with Crippen molar-refractivity contribution in [3.05, 3.63) is 60.2 Å². The van der Waals surface area contributed by atoms with Crippen LogP contribution in [0.3, 0.4) is 0 Å². The first-order valence-corrected chi connectivity index (χ1v) is 10.1. The van der Waals surface area contributed by atoms with E-state index < -0.39 is 56.3 Å². The number of para-hydroxylation sites is 1. The first-order chi connectivity index (χ1) is 13.4. The van der Waals surface area contributed by atoms with Crippen LogP contribution < -0.4 is 9.78 Å². The molecule has 1 saturated heterocycles. The van der Waals surface area contributed by atoms with E-state index >= 15 is 0 Å². The molecule has 5 unspecified atom stereocenters. The van der Waals surface area contributed by atoms with Gasteiger partial charge in [-0.2, -0.15) is 0 Å². The van der Waals surface area contributed by atoms with Gasteiger partial charge in [0.2, 0.25) is 0 Å². The van der Waals surface area contributed by atoms with Crippen molar-refractivity contribution in [3.8, 4) is 0 Å². The Morgan fingerprint density at radius 3 is 2.21 bits per heavy atom. The number of anilines is 1. The van der Waals surface area contributed by atoms with Crippen LogP contribution in [0.5, 0.6) is 0 Å². The van der Waals surface area contributed by atoms with E-state index in [0.717, 1.165) is 0 Å². The molecular formula is C19H19NO7Se. The van der Waals surface area contributed by atoms with Crippen molar-refractivity contribution in [3.63, 3.8) is 0 Å². The van der Waals surface area contributed by atoms with Gasteiger partial charge in [0.25, 0.3) is 0 Å². The Labute approximate surface area is 166 Å². The zero-order chi connectivity index (χ0) is 20.3. The maximum absolute atomic E-state index is 12.6. The minimum atomic E-state index is -1.79. The molecule has 0 bridgehead atoms. The SMILES string of the molecule is O=C(Nc1ccccc1)c1ccccc1[Se]C(=O)C1OC(O)C(O)C(O)C1O. The summed E-state index contributed by atoms with van der Waals surface area (Å²) >= 11 is -0.946. The molecule has 0 aliphatic carbocycles. The summed E-state index contributed by atoms with van der Waals surface area (Å²) in [4.78, 5) is 25.2. The van der Waals surface area contributed by atoms with Crippen molar-refractivity contribution >= 4 is 35.7 Å². The van der Waals surface area contributed by atoms with Crippen molar-refractivity contribution < 1.29 is 34.8 Å². The van der Waals surface area contributed by atoms with Crippen molar-refractivity contribution in [2.24, 2.45) is 0 Å². The summed E-state index contributed by atoms with van der Waals surface area (Å²) in [5.41, 5.74) is 0.901. The van der Waals surface area contributed by atoms with E-state index in [1.54, 1.807) is 48.5 Å². The molecule has 1 aliphatic heterocycles. The summed E-state index contributed by atoms with van der Waals surface area (Å²) < 4.78 is 4.85. The van der Waals surface area contributed by atoms with Gasteiger partial charge in [0.1, 0.15) is 0 Å². The summed E-state index contributed by atoms with van der Waals surface area (Å²) in [7, 11) is 0. The van der Waals surface area contributed by atoms with Gasteiger partial charge < -0.3 is 0 Å². The van der Waals surface area contributed by atoms with Gasteiger partial charge in [0.05, 0.1) is 0 Å². The standard InChI is InChI=1S/C19H19NO7Se/c21-13-14(22)16(27-18(25)15(13)23)19(26)28-12-9-5-4-8-11(12)17(24)20-10-6-2-1-3-7-10/h1-9,13-16,18,21-23,25H,(H,20,24). The molecule has 1 aliphatic rings. The molecule has 148 valence electrons. The average molecular weight is 452 g/mol. The van der Waals surface area contributed by atoms with Crippen LogP contribution in [0.4, 0.5) is 5.69 Å². The number of benzene rings is 2. The predicted molar refractivity (Wildman–Crippen MR) is 100 cm³/mol. The molecule has 5 N–H and O–H groups in total. The zero-order valence-electron chi connectivity index (χ0n) is 14.5. The van der Waals surface area contributed by atoms with Crippen molar-refractivity contribution in [1.82, 2.24) is 0 Å². The third kappa shape index (κ3) is 4.48. The van der Waals surface area contributed by atoms with Crippen LogP contribution in [-0.4, -0.2) is 76.7 Å². The van der Waals surface area contributed by atoms with Crippen molar-refractivity contribution in [2.45, 2.75) is 30.7 Å². The van der Waals surface area contributed by atoms with E-state index in [9.17, 15) is 30.0 Å². The topological polar surface area (TPSA) is 136 Å². The van der Waals surface area contributed by atoms with Crippen LogP contribution >= 0.6 is 0 Å². The zero-order valence-corrected chi connectivity index (χ0v) is 16.2. The molecule has 2 aromatic rings. The Kier molecular flexibility index (Phi) is 6.58. The Bertz CT molecular complexity index is 847. The molecule has 0 spiro atoms. The van der Waals surface area contributed by atoms with Gasteiger partial charge in [-0.25, -0.2) is 0 Å². The van der Waals surface area contributed by atoms with Gasteiger partial charge in [-0.15, -0.1) is 0 Å². The molecule has 0 aromatic heterocycles. The molecular weight excluding hydrogens is 433 g/mol. The van der Waals surface area contributed by atoms with Gasteiger partial charge in [-0.1, -0.05) is 0 Å². The van der Waals surface area contributed by atoms with E-state index in [0.29, 0.717) is 15.7 Å². The Hall–Kier alpha value is -2.10. The third-order valence-electron chi connectivity index (χ3n) is 4.19. The fourth-order valence-corrected chi connectivity index (χ4v) is 4.67. The predicted octanol–water partition coefficient (Wildman–Crippen LogP) is -1.41. The molecule has 9 heteroatoms. The number of nitrogens with one attached hydrogen (secondary N) is 1. The number of rotatable bonds is 5. The second-order valence-corrected chi connectivity index (χ2v) is 8.35. The van der Waals surface area contributed by atoms with Crippen LogP contribution in [0.2, 0.25) is 0 Å². The van der Waals surface area contributed by atoms with Gasteiger partial charge in [-0.3, -0.25) is 0 Å². The molecule has 1 heterocycles. The minimum absolute atomic E-state index is 0.297. The fraction of sp³-hybridized carbons (Fsp3) is 0.263. The monoisotopic (exact) mass is 453 g/mol. The van der Waals surface area contributed by atoms with E-state index in [4.69, 9.17) is 4.74 Å².